The van der Waals surface area contributed by atoms with E-state index in [2.05, 4.69) is 15.7 Å². The molecule has 2 aromatic heterocycles. The molecule has 2 heterocycles. The minimum absolute atomic E-state index is 0.651. The number of hydrogen-bond acceptors (Lipinski definition) is 4. The van der Waals surface area contributed by atoms with Gasteiger partial charge in [0.05, 0.1) is 5.39 Å². The van der Waals surface area contributed by atoms with Crippen molar-refractivity contribution in [2.45, 2.75) is 0 Å². The van der Waals surface area contributed by atoms with Crippen molar-refractivity contribution in [3.63, 3.8) is 0 Å². The average Bonchev–Trinajstić information content (AvgIpc) is 2.67. The lowest BCUT2D eigenvalue weighted by Gasteiger charge is -2.04. The maximum absolute atomic E-state index is 5.55. The van der Waals surface area contributed by atoms with Crippen LogP contribution in [0, 0.1) is 0 Å². The van der Waals surface area contributed by atoms with Crippen LogP contribution in [0.3, 0.4) is 0 Å². The topological polar surface area (TPSA) is 34.1 Å². The predicted molar refractivity (Wildman–Crippen MR) is 59.0 cm³/mol. The van der Waals surface area contributed by atoms with Gasteiger partial charge < -0.3 is 10.1 Å². The first-order valence-electron chi connectivity index (χ1n) is 4.51. The Morgan fingerprint density at radius 1 is 1.50 bits per heavy atom. The highest BCUT2D eigenvalue weighted by molar-refractivity contribution is 7.17. The van der Waals surface area contributed by atoms with Gasteiger partial charge in [0.15, 0.2) is 0 Å². The van der Waals surface area contributed by atoms with E-state index in [1.807, 2.05) is 19.2 Å². The van der Waals surface area contributed by atoms with Crippen LogP contribution in [0.25, 0.3) is 10.1 Å². The molecule has 4 heteroatoms. The second-order valence-electron chi connectivity index (χ2n) is 2.90. The first-order chi connectivity index (χ1) is 6.92. The fraction of sp³-hybridized carbons (Fsp3) is 0.300. The Kier molecular flexibility index (Phi) is 2.96. The Morgan fingerprint density at radius 3 is 3.29 bits per heavy atom. The monoisotopic (exact) mass is 208 g/mol. The Bertz CT molecular complexity index is 413. The summed E-state index contributed by atoms with van der Waals surface area (Å²) in [5.41, 5.74) is 0. The molecule has 0 bridgehead atoms. The van der Waals surface area contributed by atoms with Crippen LogP contribution in [0.1, 0.15) is 0 Å². The quantitative estimate of drug-likeness (QED) is 0.779. The van der Waals surface area contributed by atoms with E-state index in [4.69, 9.17) is 4.74 Å². The second kappa shape index (κ2) is 4.39. The summed E-state index contributed by atoms with van der Waals surface area (Å²) < 4.78 is 6.77. The first-order valence-corrected chi connectivity index (χ1v) is 5.39. The van der Waals surface area contributed by atoms with Gasteiger partial charge in [0.1, 0.15) is 6.61 Å². The molecule has 0 aliphatic carbocycles. The van der Waals surface area contributed by atoms with Gasteiger partial charge in [-0.15, -0.1) is 11.3 Å². The number of pyridine rings is 1. The number of hydrogen-bond donors (Lipinski definition) is 1. The third kappa shape index (κ3) is 1.86. The van der Waals surface area contributed by atoms with E-state index in [0.29, 0.717) is 6.61 Å². The Morgan fingerprint density at radius 2 is 2.43 bits per heavy atom. The molecule has 0 aliphatic heterocycles. The van der Waals surface area contributed by atoms with Crippen molar-refractivity contribution >= 4 is 21.4 Å². The molecule has 0 aliphatic rings. The Hall–Kier alpha value is -1.13. The minimum atomic E-state index is 0.651. The van der Waals surface area contributed by atoms with Gasteiger partial charge in [-0.25, -0.2) is 4.98 Å². The molecule has 0 saturated carbocycles. The highest BCUT2D eigenvalue weighted by Crippen LogP contribution is 2.27. The summed E-state index contributed by atoms with van der Waals surface area (Å²) in [7, 11) is 1.90. The Balaban J connectivity index is 2.19. The molecule has 0 radical (unpaired) electrons. The molecular weight excluding hydrogens is 196 g/mol. The van der Waals surface area contributed by atoms with Gasteiger partial charge in [0.2, 0.25) is 5.88 Å². The summed E-state index contributed by atoms with van der Waals surface area (Å²) in [6, 6.07) is 4.05. The molecule has 2 aromatic rings. The summed E-state index contributed by atoms with van der Waals surface area (Å²) in [5, 5.41) is 6.19. The maximum Gasteiger partial charge on any atom is 0.222 e. The molecule has 0 unspecified atom stereocenters. The summed E-state index contributed by atoms with van der Waals surface area (Å²) in [5.74, 6) is 0.735. The molecule has 14 heavy (non-hydrogen) atoms. The lowest BCUT2D eigenvalue weighted by molar-refractivity contribution is 0.310. The van der Waals surface area contributed by atoms with Crippen LogP contribution in [-0.4, -0.2) is 25.2 Å². The summed E-state index contributed by atoms with van der Waals surface area (Å²) in [4.78, 5) is 4.21. The normalized spacial score (nSPS) is 10.6. The molecule has 74 valence electrons. The lowest BCUT2D eigenvalue weighted by Crippen LogP contribution is -2.16. The number of fused-ring (bicyclic) bond motifs is 1. The molecular formula is C10H12N2OS. The van der Waals surface area contributed by atoms with Crippen molar-refractivity contribution in [3.8, 4) is 5.88 Å². The van der Waals surface area contributed by atoms with Crippen LogP contribution in [0.5, 0.6) is 5.88 Å². The second-order valence-corrected chi connectivity index (χ2v) is 3.85. The van der Waals surface area contributed by atoms with Crippen molar-refractivity contribution in [1.82, 2.24) is 10.3 Å². The lowest BCUT2D eigenvalue weighted by atomic mass is 10.3. The van der Waals surface area contributed by atoms with Gasteiger partial charge in [0, 0.05) is 17.4 Å². The van der Waals surface area contributed by atoms with Crippen LogP contribution in [0.15, 0.2) is 23.7 Å². The van der Waals surface area contributed by atoms with Crippen molar-refractivity contribution in [1.29, 1.82) is 0 Å². The number of rotatable bonds is 4. The molecule has 2 rings (SSSR count). The van der Waals surface area contributed by atoms with Crippen LogP contribution in [0.4, 0.5) is 0 Å². The van der Waals surface area contributed by atoms with E-state index in [1.165, 1.54) is 4.70 Å². The molecule has 1 N–H and O–H groups in total. The number of aromatic nitrogens is 1. The largest absolute Gasteiger partial charge is 0.476 e. The molecule has 0 aromatic carbocycles. The highest BCUT2D eigenvalue weighted by atomic mass is 32.1. The predicted octanol–water partition coefficient (Wildman–Crippen LogP) is 1.89. The number of nitrogens with zero attached hydrogens (tertiary/aromatic N) is 1. The van der Waals surface area contributed by atoms with E-state index >= 15 is 0 Å². The number of likely N-dealkylation sites (N-methyl/N-ethyl adjacent to an activating group) is 1. The van der Waals surface area contributed by atoms with E-state index in [0.717, 1.165) is 17.8 Å². The van der Waals surface area contributed by atoms with Crippen LogP contribution < -0.4 is 10.1 Å². The number of thiophene rings is 1. The van der Waals surface area contributed by atoms with Crippen molar-refractivity contribution in [3.05, 3.63) is 23.7 Å². The van der Waals surface area contributed by atoms with Gasteiger partial charge in [-0.3, -0.25) is 0 Å². The molecule has 3 nitrogen and oxygen atoms in total. The highest BCUT2D eigenvalue weighted by Gasteiger charge is 2.03. The van der Waals surface area contributed by atoms with Crippen LogP contribution in [0.2, 0.25) is 0 Å². The van der Waals surface area contributed by atoms with Gasteiger partial charge in [-0.05, 0) is 24.6 Å². The standard InChI is InChI=1S/C10H12N2OS/c1-11-5-6-13-10-8-3-7-14-9(8)2-4-12-10/h2-4,7,11H,5-6H2,1H3. The van der Waals surface area contributed by atoms with Gasteiger partial charge in [-0.1, -0.05) is 0 Å². The zero-order valence-electron chi connectivity index (χ0n) is 7.99. The average molecular weight is 208 g/mol. The van der Waals surface area contributed by atoms with Crippen molar-refractivity contribution in [2.24, 2.45) is 0 Å². The molecule has 0 spiro atoms. The molecule has 0 amide bonds. The third-order valence-corrected chi connectivity index (χ3v) is 2.82. The zero-order valence-corrected chi connectivity index (χ0v) is 8.80. The molecule has 0 fully saturated rings. The van der Waals surface area contributed by atoms with Crippen LogP contribution >= 0.6 is 11.3 Å². The van der Waals surface area contributed by atoms with Gasteiger partial charge in [0.25, 0.3) is 0 Å². The Labute approximate surface area is 86.7 Å². The van der Waals surface area contributed by atoms with Crippen LogP contribution in [-0.2, 0) is 0 Å². The molecule has 0 atom stereocenters. The van der Waals surface area contributed by atoms with E-state index < -0.39 is 0 Å². The van der Waals surface area contributed by atoms with E-state index in [9.17, 15) is 0 Å². The van der Waals surface area contributed by atoms with Gasteiger partial charge in [-0.2, -0.15) is 0 Å². The summed E-state index contributed by atoms with van der Waals surface area (Å²) >= 11 is 1.71. The van der Waals surface area contributed by atoms with Crippen molar-refractivity contribution < 1.29 is 4.74 Å². The van der Waals surface area contributed by atoms with Crippen molar-refractivity contribution in [2.75, 3.05) is 20.2 Å². The van der Waals surface area contributed by atoms with Gasteiger partial charge >= 0.3 is 0 Å². The fourth-order valence-corrected chi connectivity index (χ4v) is 2.01. The summed E-state index contributed by atoms with van der Waals surface area (Å²) in [6.45, 7) is 1.49. The fourth-order valence-electron chi connectivity index (χ4n) is 1.23. The summed E-state index contributed by atoms with van der Waals surface area (Å²) in [6.07, 6.45) is 1.79. The third-order valence-electron chi connectivity index (χ3n) is 1.93. The minimum Gasteiger partial charge on any atom is -0.476 e. The number of ether oxygens (including phenoxy) is 1. The molecule has 0 saturated heterocycles. The maximum atomic E-state index is 5.55. The first kappa shape index (κ1) is 9.43. The number of nitrogens with one attached hydrogen (secondary N) is 1. The SMILES string of the molecule is CNCCOc1nccc2sccc12. The van der Waals surface area contributed by atoms with E-state index in [-0.39, 0.29) is 0 Å². The smallest absolute Gasteiger partial charge is 0.222 e. The van der Waals surface area contributed by atoms with E-state index in [1.54, 1.807) is 17.5 Å². The zero-order chi connectivity index (χ0) is 9.80.